The zero-order chi connectivity index (χ0) is 14.0. The van der Waals surface area contributed by atoms with Crippen LogP contribution in [0.4, 0.5) is 10.1 Å². The molecule has 0 aliphatic rings. The smallest absolute Gasteiger partial charge is 0.164 e. The maximum absolute atomic E-state index is 13.7. The molecule has 2 nitrogen and oxygen atoms in total. The van der Waals surface area contributed by atoms with Gasteiger partial charge in [0.05, 0.1) is 19.7 Å². The van der Waals surface area contributed by atoms with E-state index in [0.29, 0.717) is 21.2 Å². The number of rotatable bonds is 3. The summed E-state index contributed by atoms with van der Waals surface area (Å²) in [7, 11) is 0. The second kappa shape index (κ2) is 6.11. The first-order valence-corrected chi connectivity index (χ1v) is 7.30. The van der Waals surface area contributed by atoms with Gasteiger partial charge in [0.25, 0.3) is 0 Å². The number of hydrogen-bond donors (Lipinski definition) is 2. The average Bonchev–Trinajstić information content (AvgIpc) is 2.37. The molecule has 19 heavy (non-hydrogen) atoms. The van der Waals surface area contributed by atoms with Gasteiger partial charge in [0.2, 0.25) is 0 Å². The van der Waals surface area contributed by atoms with Crippen LogP contribution in [0.15, 0.2) is 39.3 Å². The van der Waals surface area contributed by atoms with E-state index >= 15 is 0 Å². The quantitative estimate of drug-likeness (QED) is 0.719. The maximum atomic E-state index is 13.7. The highest BCUT2D eigenvalue weighted by molar-refractivity contribution is 9.11. The van der Waals surface area contributed by atoms with Crippen molar-refractivity contribution in [3.05, 3.63) is 55.7 Å². The molecule has 0 unspecified atom stereocenters. The van der Waals surface area contributed by atoms with Crippen LogP contribution in [0.2, 0.25) is 5.02 Å². The van der Waals surface area contributed by atoms with Crippen molar-refractivity contribution in [1.29, 1.82) is 0 Å². The molecular formula is C13H9Br2ClFNO. The first-order chi connectivity index (χ1) is 8.99. The van der Waals surface area contributed by atoms with Gasteiger partial charge in [-0.2, -0.15) is 0 Å². The summed E-state index contributed by atoms with van der Waals surface area (Å²) in [6.45, 7) is 0.411. The molecule has 0 aliphatic heterocycles. The Morgan fingerprint density at radius 1 is 1.21 bits per heavy atom. The molecule has 0 heterocycles. The van der Waals surface area contributed by atoms with Gasteiger partial charge in [-0.3, -0.25) is 0 Å². The van der Waals surface area contributed by atoms with Gasteiger partial charge >= 0.3 is 0 Å². The van der Waals surface area contributed by atoms with Crippen molar-refractivity contribution in [1.82, 2.24) is 0 Å². The first-order valence-electron chi connectivity index (χ1n) is 5.34. The Hall–Kier alpha value is -0.780. The lowest BCUT2D eigenvalue weighted by Crippen LogP contribution is -2.01. The van der Waals surface area contributed by atoms with E-state index in [4.69, 9.17) is 11.6 Å². The van der Waals surface area contributed by atoms with Gasteiger partial charge in [-0.05, 0) is 61.7 Å². The van der Waals surface area contributed by atoms with Crippen molar-refractivity contribution in [3.8, 4) is 5.75 Å². The fraction of sp³-hybridized carbons (Fsp3) is 0.0769. The lowest BCUT2D eigenvalue weighted by atomic mass is 10.2. The van der Waals surface area contributed by atoms with E-state index in [0.717, 1.165) is 5.56 Å². The van der Waals surface area contributed by atoms with Gasteiger partial charge in [0, 0.05) is 6.54 Å². The van der Waals surface area contributed by atoms with E-state index in [2.05, 4.69) is 37.2 Å². The molecule has 0 bridgehead atoms. The molecule has 2 aromatic rings. The second-order valence-electron chi connectivity index (χ2n) is 3.86. The molecule has 0 saturated heterocycles. The summed E-state index contributed by atoms with van der Waals surface area (Å²) in [6, 6.07) is 8.31. The van der Waals surface area contributed by atoms with E-state index in [1.165, 1.54) is 6.07 Å². The highest BCUT2D eigenvalue weighted by Gasteiger charge is 2.08. The van der Waals surface area contributed by atoms with Crippen LogP contribution in [-0.2, 0) is 6.54 Å². The third-order valence-electron chi connectivity index (χ3n) is 2.51. The van der Waals surface area contributed by atoms with Crippen molar-refractivity contribution < 1.29 is 9.50 Å². The molecule has 2 aromatic carbocycles. The van der Waals surface area contributed by atoms with Crippen LogP contribution in [0.1, 0.15) is 5.56 Å². The molecule has 0 saturated carbocycles. The second-order valence-corrected chi connectivity index (χ2v) is 5.98. The van der Waals surface area contributed by atoms with Gasteiger partial charge in [0.1, 0.15) is 5.75 Å². The van der Waals surface area contributed by atoms with Gasteiger partial charge < -0.3 is 10.4 Å². The molecule has 0 fully saturated rings. The third kappa shape index (κ3) is 3.41. The Balaban J connectivity index is 2.17. The van der Waals surface area contributed by atoms with E-state index < -0.39 is 5.82 Å². The van der Waals surface area contributed by atoms with Crippen molar-refractivity contribution in [3.63, 3.8) is 0 Å². The van der Waals surface area contributed by atoms with Crippen LogP contribution in [-0.4, -0.2) is 5.11 Å². The topological polar surface area (TPSA) is 32.3 Å². The molecule has 0 aliphatic carbocycles. The summed E-state index contributed by atoms with van der Waals surface area (Å²) in [5, 5.41) is 12.6. The van der Waals surface area contributed by atoms with Crippen LogP contribution >= 0.6 is 43.5 Å². The lowest BCUT2D eigenvalue weighted by molar-refractivity contribution is 0.468. The zero-order valence-corrected chi connectivity index (χ0v) is 13.5. The van der Waals surface area contributed by atoms with Gasteiger partial charge in [0.15, 0.2) is 5.82 Å². The Morgan fingerprint density at radius 2 is 1.84 bits per heavy atom. The van der Waals surface area contributed by atoms with Crippen molar-refractivity contribution in [2.24, 2.45) is 0 Å². The molecule has 0 amide bonds. The van der Waals surface area contributed by atoms with E-state index in [-0.39, 0.29) is 10.8 Å². The van der Waals surface area contributed by atoms with Crippen molar-refractivity contribution in [2.45, 2.75) is 6.54 Å². The highest BCUT2D eigenvalue weighted by Crippen LogP contribution is 2.33. The number of anilines is 1. The molecule has 2 rings (SSSR count). The predicted molar refractivity (Wildman–Crippen MR) is 82.2 cm³/mol. The maximum Gasteiger partial charge on any atom is 0.164 e. The molecule has 6 heteroatoms. The van der Waals surface area contributed by atoms with Crippen LogP contribution in [0.25, 0.3) is 0 Å². The Kier molecular flexibility index (Phi) is 4.71. The van der Waals surface area contributed by atoms with Crippen LogP contribution < -0.4 is 5.32 Å². The third-order valence-corrected chi connectivity index (χ3v) is 4.01. The minimum atomic E-state index is -0.471. The summed E-state index contributed by atoms with van der Waals surface area (Å²) in [6.07, 6.45) is 0. The number of aromatic hydroxyl groups is 1. The number of nitrogens with one attached hydrogen (secondary N) is 1. The minimum absolute atomic E-state index is 0.0815. The summed E-state index contributed by atoms with van der Waals surface area (Å²) in [4.78, 5) is 0. The molecule has 0 spiro atoms. The molecule has 0 aromatic heterocycles. The van der Waals surface area contributed by atoms with Gasteiger partial charge in [-0.15, -0.1) is 0 Å². The summed E-state index contributed by atoms with van der Waals surface area (Å²) < 4.78 is 14.8. The average molecular weight is 409 g/mol. The van der Waals surface area contributed by atoms with Crippen LogP contribution in [0.5, 0.6) is 5.75 Å². The highest BCUT2D eigenvalue weighted by atomic mass is 79.9. The predicted octanol–water partition coefficient (Wildman–Crippen LogP) is 5.32. The van der Waals surface area contributed by atoms with Crippen LogP contribution in [0, 0.1) is 5.82 Å². The lowest BCUT2D eigenvalue weighted by Gasteiger charge is -2.10. The molecular weight excluding hydrogens is 400 g/mol. The number of halogens is 4. The van der Waals surface area contributed by atoms with E-state index in [1.54, 1.807) is 24.3 Å². The minimum Gasteiger partial charge on any atom is -0.506 e. The van der Waals surface area contributed by atoms with Gasteiger partial charge in [-0.25, -0.2) is 4.39 Å². The zero-order valence-electron chi connectivity index (χ0n) is 9.55. The molecule has 0 atom stereocenters. The SMILES string of the molecule is Oc1c(Br)cc(CNc2cccc(Cl)c2F)cc1Br. The van der Waals surface area contributed by atoms with E-state index in [9.17, 15) is 9.50 Å². The molecule has 0 radical (unpaired) electrons. The Morgan fingerprint density at radius 3 is 2.47 bits per heavy atom. The normalized spacial score (nSPS) is 10.5. The fourth-order valence-corrected chi connectivity index (χ4v) is 3.01. The Bertz CT molecular complexity index is 599. The molecule has 100 valence electrons. The van der Waals surface area contributed by atoms with Gasteiger partial charge in [-0.1, -0.05) is 17.7 Å². The largest absolute Gasteiger partial charge is 0.506 e. The summed E-state index contributed by atoms with van der Waals surface area (Å²) >= 11 is 12.2. The number of benzene rings is 2. The van der Waals surface area contributed by atoms with Crippen LogP contribution in [0.3, 0.4) is 0 Å². The first kappa shape index (κ1) is 14.6. The van der Waals surface area contributed by atoms with E-state index in [1.807, 2.05) is 0 Å². The monoisotopic (exact) mass is 407 g/mol. The number of hydrogen-bond acceptors (Lipinski definition) is 2. The fourth-order valence-electron chi connectivity index (χ4n) is 1.56. The van der Waals surface area contributed by atoms with Crippen molar-refractivity contribution in [2.75, 3.05) is 5.32 Å². The summed E-state index contributed by atoms with van der Waals surface area (Å²) in [5.41, 5.74) is 1.23. The van der Waals surface area contributed by atoms with Crippen molar-refractivity contribution >= 4 is 49.1 Å². The standard InChI is InChI=1S/C13H9Br2ClFNO/c14-8-4-7(5-9(15)13(8)19)6-18-11-3-1-2-10(16)12(11)17/h1-5,18-19H,6H2. The number of phenols is 1. The summed E-state index contributed by atoms with van der Waals surface area (Å²) in [5.74, 6) is -0.334. The molecule has 2 N–H and O–H groups in total. The number of phenolic OH excluding ortho intramolecular Hbond substituents is 1. The Labute approximate surface area is 131 Å².